The van der Waals surface area contributed by atoms with Gasteiger partial charge in [-0.05, 0) is 35.9 Å². The zero-order valence-corrected chi connectivity index (χ0v) is 14.8. The van der Waals surface area contributed by atoms with E-state index in [2.05, 4.69) is 15.6 Å². The highest BCUT2D eigenvalue weighted by Gasteiger charge is 2.09. The van der Waals surface area contributed by atoms with Crippen molar-refractivity contribution >= 4 is 23.7 Å². The Morgan fingerprint density at radius 3 is 2.77 bits per heavy atom. The molecule has 0 saturated carbocycles. The maximum Gasteiger partial charge on any atom is 0.291 e. The molecule has 132 valence electrons. The summed E-state index contributed by atoms with van der Waals surface area (Å²) >= 11 is 5.88. The molecule has 0 radical (unpaired) electrons. The highest BCUT2D eigenvalue weighted by molar-refractivity contribution is 6.30. The van der Waals surface area contributed by atoms with Crippen LogP contribution in [0, 0.1) is 0 Å². The molecule has 1 aromatic heterocycles. The number of amides is 1. The van der Waals surface area contributed by atoms with Gasteiger partial charge < -0.3 is 4.74 Å². The zero-order chi connectivity index (χ0) is 18.4. The van der Waals surface area contributed by atoms with E-state index in [0.29, 0.717) is 17.3 Å². The molecule has 1 amide bonds. The van der Waals surface area contributed by atoms with Crippen LogP contribution in [0.3, 0.4) is 0 Å². The van der Waals surface area contributed by atoms with Crippen molar-refractivity contribution in [1.82, 2.24) is 15.2 Å². The number of nitrogens with one attached hydrogen (secondary N) is 1. The molecule has 0 unspecified atom stereocenters. The molecule has 3 aromatic rings. The average molecular weight is 369 g/mol. The number of halogens is 1. The fourth-order valence-corrected chi connectivity index (χ4v) is 2.46. The molecule has 0 aliphatic heterocycles. The Bertz CT molecular complexity index is 919. The summed E-state index contributed by atoms with van der Waals surface area (Å²) in [6.45, 7) is 0.551. The molecular weight excluding hydrogens is 352 g/mol. The number of hydrazone groups is 1. The molecular formula is C19H17ClN4O2. The van der Waals surface area contributed by atoms with E-state index in [1.807, 2.05) is 48.5 Å². The summed E-state index contributed by atoms with van der Waals surface area (Å²) in [5, 5.41) is 8.90. The van der Waals surface area contributed by atoms with Crippen LogP contribution in [0.1, 0.15) is 21.6 Å². The van der Waals surface area contributed by atoms with E-state index >= 15 is 0 Å². The zero-order valence-electron chi connectivity index (χ0n) is 14.1. The number of rotatable bonds is 6. The van der Waals surface area contributed by atoms with Crippen LogP contribution in [0.2, 0.25) is 5.02 Å². The molecule has 7 heteroatoms. The van der Waals surface area contributed by atoms with Crippen LogP contribution >= 0.6 is 11.6 Å². The van der Waals surface area contributed by atoms with Gasteiger partial charge in [0.25, 0.3) is 5.91 Å². The molecule has 26 heavy (non-hydrogen) atoms. The van der Waals surface area contributed by atoms with E-state index in [1.165, 1.54) is 6.21 Å². The number of benzene rings is 2. The lowest BCUT2D eigenvalue weighted by molar-refractivity contribution is 0.0949. The van der Waals surface area contributed by atoms with Gasteiger partial charge in [-0.15, -0.1) is 0 Å². The maximum atomic E-state index is 12.2. The van der Waals surface area contributed by atoms with Crippen LogP contribution in [0.4, 0.5) is 0 Å². The second-order valence-corrected chi connectivity index (χ2v) is 5.90. The minimum atomic E-state index is -0.383. The van der Waals surface area contributed by atoms with Crippen molar-refractivity contribution in [1.29, 1.82) is 0 Å². The number of para-hydroxylation sites is 1. The quantitative estimate of drug-likeness (QED) is 0.536. The summed E-state index contributed by atoms with van der Waals surface area (Å²) in [4.78, 5) is 12.2. The molecule has 1 heterocycles. The third-order valence-electron chi connectivity index (χ3n) is 3.64. The van der Waals surface area contributed by atoms with Gasteiger partial charge in [-0.1, -0.05) is 35.9 Å². The highest BCUT2D eigenvalue weighted by atomic mass is 35.5. The van der Waals surface area contributed by atoms with Crippen LogP contribution in [-0.2, 0) is 6.54 Å². The van der Waals surface area contributed by atoms with Gasteiger partial charge in [0.15, 0.2) is 5.69 Å². The lowest BCUT2D eigenvalue weighted by Crippen LogP contribution is -2.18. The van der Waals surface area contributed by atoms with Crippen molar-refractivity contribution in [2.24, 2.45) is 5.10 Å². The highest BCUT2D eigenvalue weighted by Crippen LogP contribution is 2.14. The van der Waals surface area contributed by atoms with E-state index < -0.39 is 0 Å². The van der Waals surface area contributed by atoms with Crippen molar-refractivity contribution in [3.8, 4) is 5.75 Å². The monoisotopic (exact) mass is 368 g/mol. The maximum absolute atomic E-state index is 12.2. The van der Waals surface area contributed by atoms with E-state index in [9.17, 15) is 4.79 Å². The lowest BCUT2D eigenvalue weighted by atomic mass is 10.2. The number of ether oxygens (including phenoxy) is 1. The fourth-order valence-electron chi connectivity index (χ4n) is 2.34. The number of hydrogen-bond acceptors (Lipinski definition) is 4. The smallest absolute Gasteiger partial charge is 0.291 e. The van der Waals surface area contributed by atoms with Crippen LogP contribution in [0.25, 0.3) is 0 Å². The van der Waals surface area contributed by atoms with E-state index in [0.717, 1.165) is 11.1 Å². The molecule has 3 rings (SSSR count). The van der Waals surface area contributed by atoms with Gasteiger partial charge in [0, 0.05) is 16.8 Å². The SMILES string of the molecule is COc1ccccc1/C=N/NC(=O)c1ccn(Cc2ccc(Cl)cc2)n1. The number of aromatic nitrogens is 2. The normalized spacial score (nSPS) is 10.8. The van der Waals surface area contributed by atoms with Crippen LogP contribution in [0.5, 0.6) is 5.75 Å². The summed E-state index contributed by atoms with van der Waals surface area (Å²) in [6, 6.07) is 16.5. The van der Waals surface area contributed by atoms with Crippen molar-refractivity contribution in [2.45, 2.75) is 6.54 Å². The Labute approximate surface area is 156 Å². The Balaban J connectivity index is 1.61. The first-order valence-corrected chi connectivity index (χ1v) is 8.28. The van der Waals surface area contributed by atoms with Crippen molar-refractivity contribution < 1.29 is 9.53 Å². The lowest BCUT2D eigenvalue weighted by Gasteiger charge is -2.03. The molecule has 0 spiro atoms. The first kappa shape index (κ1) is 17.7. The number of carbonyl (C=O) groups excluding carboxylic acids is 1. The number of carbonyl (C=O) groups is 1. The second kappa shape index (κ2) is 8.31. The van der Waals surface area contributed by atoms with Crippen LogP contribution in [-0.4, -0.2) is 29.0 Å². The molecule has 6 nitrogen and oxygen atoms in total. The molecule has 2 aromatic carbocycles. The number of nitrogens with zero attached hydrogens (tertiary/aromatic N) is 3. The Morgan fingerprint density at radius 1 is 1.23 bits per heavy atom. The topological polar surface area (TPSA) is 68.5 Å². The molecule has 0 aliphatic rings. The first-order valence-electron chi connectivity index (χ1n) is 7.90. The largest absolute Gasteiger partial charge is 0.496 e. The summed E-state index contributed by atoms with van der Waals surface area (Å²) in [5.41, 5.74) is 4.56. The van der Waals surface area contributed by atoms with Gasteiger partial charge in [-0.25, -0.2) is 5.43 Å². The second-order valence-electron chi connectivity index (χ2n) is 5.47. The van der Waals surface area contributed by atoms with Crippen molar-refractivity contribution in [2.75, 3.05) is 7.11 Å². The predicted molar refractivity (Wildman–Crippen MR) is 101 cm³/mol. The summed E-state index contributed by atoms with van der Waals surface area (Å²) < 4.78 is 6.91. The van der Waals surface area contributed by atoms with E-state index in [1.54, 1.807) is 24.1 Å². The Morgan fingerprint density at radius 2 is 2.00 bits per heavy atom. The molecule has 0 saturated heterocycles. The van der Waals surface area contributed by atoms with Crippen LogP contribution < -0.4 is 10.2 Å². The van der Waals surface area contributed by atoms with Gasteiger partial charge in [0.1, 0.15) is 5.75 Å². The van der Waals surface area contributed by atoms with Gasteiger partial charge >= 0.3 is 0 Å². The number of hydrogen-bond donors (Lipinski definition) is 1. The number of methoxy groups -OCH3 is 1. The summed E-state index contributed by atoms with van der Waals surface area (Å²) in [5.74, 6) is 0.295. The standard InChI is InChI=1S/C19H17ClN4O2/c1-26-18-5-3-2-4-15(18)12-21-22-19(25)17-10-11-24(23-17)13-14-6-8-16(20)9-7-14/h2-12H,13H2,1H3,(H,22,25)/b21-12+. The van der Waals surface area contributed by atoms with Gasteiger partial charge in [0.2, 0.25) is 0 Å². The Kier molecular flexibility index (Phi) is 5.66. The molecule has 0 fully saturated rings. The predicted octanol–water partition coefficient (Wildman–Crippen LogP) is 3.36. The summed E-state index contributed by atoms with van der Waals surface area (Å²) in [6.07, 6.45) is 3.27. The molecule has 0 atom stereocenters. The Hall–Kier alpha value is -3.12. The molecule has 0 bridgehead atoms. The van der Waals surface area contributed by atoms with E-state index in [4.69, 9.17) is 16.3 Å². The molecule has 1 N–H and O–H groups in total. The molecule has 0 aliphatic carbocycles. The third kappa shape index (κ3) is 4.49. The third-order valence-corrected chi connectivity index (χ3v) is 3.89. The summed E-state index contributed by atoms with van der Waals surface area (Å²) in [7, 11) is 1.58. The van der Waals surface area contributed by atoms with Crippen molar-refractivity contribution in [3.63, 3.8) is 0 Å². The minimum Gasteiger partial charge on any atom is -0.496 e. The van der Waals surface area contributed by atoms with Gasteiger partial charge in [0.05, 0.1) is 19.9 Å². The average Bonchev–Trinajstić information content (AvgIpc) is 3.12. The van der Waals surface area contributed by atoms with Crippen LogP contribution in [0.15, 0.2) is 65.9 Å². The van der Waals surface area contributed by atoms with Gasteiger partial charge in [-0.3, -0.25) is 9.48 Å². The fraction of sp³-hybridized carbons (Fsp3) is 0.105. The van der Waals surface area contributed by atoms with E-state index in [-0.39, 0.29) is 11.6 Å². The first-order chi connectivity index (χ1) is 12.7. The van der Waals surface area contributed by atoms with Crippen molar-refractivity contribution in [3.05, 3.63) is 82.6 Å². The minimum absolute atomic E-state index is 0.288. The van der Waals surface area contributed by atoms with Gasteiger partial charge in [-0.2, -0.15) is 10.2 Å².